The van der Waals surface area contributed by atoms with Crippen molar-refractivity contribution < 1.29 is 9.53 Å². The van der Waals surface area contributed by atoms with E-state index >= 15 is 0 Å². The molecule has 3 aromatic rings. The summed E-state index contributed by atoms with van der Waals surface area (Å²) in [5.74, 6) is 0.991. The predicted molar refractivity (Wildman–Crippen MR) is 168 cm³/mol. The third-order valence-electron chi connectivity index (χ3n) is 8.67. The Morgan fingerprint density at radius 3 is 2.15 bits per heavy atom. The maximum atomic E-state index is 14.2. The van der Waals surface area contributed by atoms with Crippen LogP contribution in [0.15, 0.2) is 72.8 Å². The molecule has 0 unspecified atom stereocenters. The molecule has 0 aliphatic carbocycles. The van der Waals surface area contributed by atoms with Gasteiger partial charge < -0.3 is 14.5 Å². The molecule has 0 N–H and O–H groups in total. The van der Waals surface area contributed by atoms with Crippen LogP contribution >= 0.6 is 0 Å². The Labute approximate surface area is 247 Å². The molecule has 0 atom stereocenters. The summed E-state index contributed by atoms with van der Waals surface area (Å²) < 4.78 is 5.72. The van der Waals surface area contributed by atoms with Gasteiger partial charge in [0.2, 0.25) is 0 Å². The van der Waals surface area contributed by atoms with Gasteiger partial charge in [-0.3, -0.25) is 9.69 Å². The summed E-state index contributed by atoms with van der Waals surface area (Å²) in [6.45, 7) is 6.37. The Morgan fingerprint density at radius 2 is 1.37 bits per heavy atom. The summed E-state index contributed by atoms with van der Waals surface area (Å²) in [6, 6.07) is 25.5. The van der Waals surface area contributed by atoms with Crippen molar-refractivity contribution >= 4 is 11.6 Å². The van der Waals surface area contributed by atoms with Crippen LogP contribution in [0.4, 0.5) is 5.69 Å². The normalized spacial score (nSPS) is 17.6. The first-order valence-corrected chi connectivity index (χ1v) is 15.8. The minimum absolute atomic E-state index is 0.117. The number of hydrogen-bond acceptors (Lipinski definition) is 4. The van der Waals surface area contributed by atoms with E-state index in [0.29, 0.717) is 6.54 Å². The highest BCUT2D eigenvalue weighted by molar-refractivity contribution is 5.94. The van der Waals surface area contributed by atoms with Crippen LogP contribution in [0.5, 0.6) is 5.75 Å². The molecule has 0 aromatic heterocycles. The molecular weight excluding hydrogens is 506 g/mol. The smallest absolute Gasteiger partial charge is 0.254 e. The van der Waals surface area contributed by atoms with Crippen molar-refractivity contribution in [1.82, 2.24) is 9.80 Å². The molecule has 5 rings (SSSR count). The van der Waals surface area contributed by atoms with Crippen molar-refractivity contribution in [1.29, 1.82) is 0 Å². The third kappa shape index (κ3) is 8.13. The quantitative estimate of drug-likeness (QED) is 0.314. The minimum Gasteiger partial charge on any atom is -0.496 e. The van der Waals surface area contributed by atoms with E-state index in [1.165, 1.54) is 68.2 Å². The van der Waals surface area contributed by atoms with Gasteiger partial charge >= 0.3 is 0 Å². The largest absolute Gasteiger partial charge is 0.496 e. The molecule has 1 amide bonds. The van der Waals surface area contributed by atoms with Gasteiger partial charge in [0, 0.05) is 49.5 Å². The second-order valence-corrected chi connectivity index (χ2v) is 11.7. The number of rotatable bonds is 6. The molecule has 5 nitrogen and oxygen atoms in total. The van der Waals surface area contributed by atoms with Crippen molar-refractivity contribution in [2.75, 3.05) is 38.2 Å². The number of amides is 1. The Kier molecular flexibility index (Phi) is 10.7. The summed E-state index contributed by atoms with van der Waals surface area (Å²) in [5, 5.41) is 0. The van der Waals surface area contributed by atoms with Crippen LogP contribution in [0.1, 0.15) is 84.8 Å². The monoisotopic (exact) mass is 553 g/mol. The molecular formula is C36H47N3O2. The summed E-state index contributed by atoms with van der Waals surface area (Å²) >= 11 is 0. The average Bonchev–Trinajstić information content (AvgIpc) is 3.03. The fourth-order valence-electron chi connectivity index (χ4n) is 6.39. The number of carbonyl (C=O) groups excluding carboxylic acids is 1. The van der Waals surface area contributed by atoms with Gasteiger partial charge in [-0.1, -0.05) is 80.6 Å². The number of fused-ring (bicyclic) bond motifs is 1. The summed E-state index contributed by atoms with van der Waals surface area (Å²) in [7, 11) is 1.73. The molecule has 0 radical (unpaired) electrons. The molecule has 0 spiro atoms. The highest BCUT2D eigenvalue weighted by atomic mass is 16.5. The van der Waals surface area contributed by atoms with Gasteiger partial charge in [0.15, 0.2) is 0 Å². The van der Waals surface area contributed by atoms with Gasteiger partial charge in [0.05, 0.1) is 7.11 Å². The van der Waals surface area contributed by atoms with E-state index in [2.05, 4.69) is 75.4 Å². The number of hydrogen-bond donors (Lipinski definition) is 0. The van der Waals surface area contributed by atoms with Gasteiger partial charge in [-0.25, -0.2) is 0 Å². The number of nitrogens with zero attached hydrogens (tertiary/aromatic N) is 3. The average molecular weight is 554 g/mol. The van der Waals surface area contributed by atoms with Crippen LogP contribution in [0.25, 0.3) is 0 Å². The molecule has 1 saturated heterocycles. The molecule has 0 bridgehead atoms. The van der Waals surface area contributed by atoms with E-state index in [1.807, 2.05) is 12.1 Å². The SMILES string of the molecule is COc1ccc(C(=O)N2CCCCCCCCN(Cc3ccccc3)c3ccccc3C2)cc1CN1CCCCC1. The van der Waals surface area contributed by atoms with Crippen LogP contribution in [-0.2, 0) is 19.6 Å². The highest BCUT2D eigenvalue weighted by Gasteiger charge is 2.22. The molecule has 0 saturated carbocycles. The van der Waals surface area contributed by atoms with E-state index < -0.39 is 0 Å². The van der Waals surface area contributed by atoms with E-state index in [9.17, 15) is 4.79 Å². The lowest BCUT2D eigenvalue weighted by Crippen LogP contribution is -2.33. The fourth-order valence-corrected chi connectivity index (χ4v) is 6.39. The summed E-state index contributed by atoms with van der Waals surface area (Å²) in [5.41, 5.74) is 5.66. The number of para-hydroxylation sites is 1. The van der Waals surface area contributed by atoms with Crippen molar-refractivity contribution in [3.8, 4) is 5.75 Å². The number of ether oxygens (including phenoxy) is 1. The minimum atomic E-state index is 0.117. The van der Waals surface area contributed by atoms with E-state index in [0.717, 1.165) is 62.6 Å². The maximum Gasteiger partial charge on any atom is 0.254 e. The van der Waals surface area contributed by atoms with Crippen molar-refractivity contribution in [2.24, 2.45) is 0 Å². The zero-order valence-corrected chi connectivity index (χ0v) is 24.9. The fraction of sp³-hybridized carbons (Fsp3) is 0.472. The number of piperidine rings is 1. The Balaban J connectivity index is 1.41. The Hall–Kier alpha value is -3.31. The first-order chi connectivity index (χ1) is 20.2. The zero-order valence-electron chi connectivity index (χ0n) is 24.9. The molecule has 5 heteroatoms. The molecule has 41 heavy (non-hydrogen) atoms. The summed E-state index contributed by atoms with van der Waals surface area (Å²) in [6.07, 6.45) is 10.9. The first-order valence-electron chi connectivity index (χ1n) is 15.8. The maximum absolute atomic E-state index is 14.2. The standard InChI is InChI=1S/C36H47N3O2/c1-41-35-21-20-31(26-33(35)28-37-22-12-7-13-23-37)36(40)39-25-15-5-3-2-4-14-24-38(27-30-16-8-6-9-17-30)34-19-11-10-18-32(34)29-39/h6,8-11,16-21,26H,2-5,7,12-15,22-25,27-29H2,1H3. The van der Waals surface area contributed by atoms with Gasteiger partial charge in [-0.15, -0.1) is 0 Å². The topological polar surface area (TPSA) is 36.0 Å². The van der Waals surface area contributed by atoms with Crippen molar-refractivity contribution in [3.63, 3.8) is 0 Å². The molecule has 2 aliphatic rings. The number of likely N-dealkylation sites (tertiary alicyclic amines) is 1. The first kappa shape index (κ1) is 29.2. The molecule has 3 aromatic carbocycles. The summed E-state index contributed by atoms with van der Waals surface area (Å²) in [4.78, 5) is 21.3. The van der Waals surface area contributed by atoms with Crippen molar-refractivity contribution in [2.45, 2.75) is 77.4 Å². The highest BCUT2D eigenvalue weighted by Crippen LogP contribution is 2.28. The molecule has 2 heterocycles. The van der Waals surface area contributed by atoms with E-state index in [4.69, 9.17) is 4.74 Å². The third-order valence-corrected chi connectivity index (χ3v) is 8.67. The van der Waals surface area contributed by atoms with E-state index in [-0.39, 0.29) is 5.91 Å². The van der Waals surface area contributed by atoms with Crippen LogP contribution in [0, 0.1) is 0 Å². The Morgan fingerprint density at radius 1 is 0.707 bits per heavy atom. The number of carbonyl (C=O) groups is 1. The zero-order chi connectivity index (χ0) is 28.3. The van der Waals surface area contributed by atoms with Crippen molar-refractivity contribution in [3.05, 3.63) is 95.1 Å². The second kappa shape index (κ2) is 15.1. The van der Waals surface area contributed by atoms with Crippen LogP contribution in [0.3, 0.4) is 0 Å². The molecule has 218 valence electrons. The number of benzene rings is 3. The van der Waals surface area contributed by atoms with Crippen LogP contribution in [-0.4, -0.2) is 49.0 Å². The van der Waals surface area contributed by atoms with Gasteiger partial charge in [-0.05, 0) is 74.2 Å². The predicted octanol–water partition coefficient (Wildman–Crippen LogP) is 7.68. The Bertz CT molecular complexity index is 1240. The lowest BCUT2D eigenvalue weighted by molar-refractivity contribution is 0.0739. The van der Waals surface area contributed by atoms with Gasteiger partial charge in [-0.2, -0.15) is 0 Å². The molecule has 1 fully saturated rings. The van der Waals surface area contributed by atoms with Crippen LogP contribution in [0.2, 0.25) is 0 Å². The number of anilines is 1. The molecule has 2 aliphatic heterocycles. The van der Waals surface area contributed by atoms with Gasteiger partial charge in [0.1, 0.15) is 5.75 Å². The van der Waals surface area contributed by atoms with Crippen LogP contribution < -0.4 is 9.64 Å². The van der Waals surface area contributed by atoms with E-state index in [1.54, 1.807) is 7.11 Å². The lowest BCUT2D eigenvalue weighted by Gasteiger charge is -2.30. The second-order valence-electron chi connectivity index (χ2n) is 11.7. The number of methoxy groups -OCH3 is 1. The van der Waals surface area contributed by atoms with Gasteiger partial charge in [0.25, 0.3) is 5.91 Å². The lowest BCUT2D eigenvalue weighted by atomic mass is 10.0.